The summed E-state index contributed by atoms with van der Waals surface area (Å²) >= 11 is 0. The van der Waals surface area contributed by atoms with E-state index < -0.39 is 42.4 Å². The molecule has 1 N–H and O–H groups in total. The first-order valence-corrected chi connectivity index (χ1v) is 6.67. The quantitative estimate of drug-likeness (QED) is 0.866. The summed E-state index contributed by atoms with van der Waals surface area (Å²) in [6.07, 6.45) is -3.86. The van der Waals surface area contributed by atoms with Crippen LogP contribution in [0.3, 0.4) is 0 Å². The van der Waals surface area contributed by atoms with E-state index in [1.54, 1.807) is 6.92 Å². The van der Waals surface area contributed by atoms with Crippen LogP contribution in [0, 0.1) is 23.7 Å². The van der Waals surface area contributed by atoms with E-state index in [4.69, 9.17) is 5.11 Å². The average molecular weight is 295 g/mol. The number of alkyl halides is 3. The van der Waals surface area contributed by atoms with Crippen LogP contribution in [0.4, 0.5) is 13.2 Å². The summed E-state index contributed by atoms with van der Waals surface area (Å²) in [6, 6.07) is 0. The number of hydrogen-bond acceptors (Lipinski definition) is 2. The normalized spacial score (nSPS) is 26.4. The first-order valence-electron chi connectivity index (χ1n) is 6.67. The fourth-order valence-electron chi connectivity index (χ4n) is 2.45. The Hall–Kier alpha value is -1.27. The number of carboxylic acids is 1. The van der Waals surface area contributed by atoms with Gasteiger partial charge in [-0.1, -0.05) is 27.2 Å². The summed E-state index contributed by atoms with van der Waals surface area (Å²) in [7, 11) is 0. The fraction of sp³-hybridized carbons (Fsp3) is 0.846. The van der Waals surface area contributed by atoms with Gasteiger partial charge in [0.05, 0.1) is 11.8 Å². The van der Waals surface area contributed by atoms with Crippen LogP contribution in [0.15, 0.2) is 0 Å². The molecular weight excluding hydrogens is 275 g/mol. The largest absolute Gasteiger partial charge is 0.481 e. The van der Waals surface area contributed by atoms with E-state index in [-0.39, 0.29) is 12.5 Å². The monoisotopic (exact) mass is 295 g/mol. The molecule has 0 aliphatic carbocycles. The molecule has 1 rings (SSSR count). The third-order valence-electron chi connectivity index (χ3n) is 4.26. The lowest BCUT2D eigenvalue weighted by Crippen LogP contribution is -2.37. The van der Waals surface area contributed by atoms with Crippen molar-refractivity contribution in [1.29, 1.82) is 0 Å². The lowest BCUT2D eigenvalue weighted by molar-refractivity contribution is -0.188. The van der Waals surface area contributed by atoms with Gasteiger partial charge in [-0.15, -0.1) is 0 Å². The van der Waals surface area contributed by atoms with E-state index in [1.165, 1.54) is 0 Å². The SMILES string of the molecule is CCC(C)C(C)C(=O)N1C[C@@H](C(F)(F)F)[C@H](C(=O)O)C1. The van der Waals surface area contributed by atoms with E-state index in [1.807, 2.05) is 13.8 Å². The minimum Gasteiger partial charge on any atom is -0.481 e. The zero-order valence-corrected chi connectivity index (χ0v) is 11.8. The van der Waals surface area contributed by atoms with Gasteiger partial charge in [0.1, 0.15) is 0 Å². The Morgan fingerprint density at radius 1 is 1.30 bits per heavy atom. The highest BCUT2D eigenvalue weighted by molar-refractivity contribution is 5.81. The number of aliphatic carboxylic acids is 1. The summed E-state index contributed by atoms with van der Waals surface area (Å²) < 4.78 is 38.5. The Bertz CT molecular complexity index is 384. The Morgan fingerprint density at radius 3 is 2.20 bits per heavy atom. The van der Waals surface area contributed by atoms with Crippen LogP contribution in [0.5, 0.6) is 0 Å². The molecule has 1 aliphatic heterocycles. The second-order valence-electron chi connectivity index (χ2n) is 5.51. The minimum absolute atomic E-state index is 0.0516. The van der Waals surface area contributed by atoms with Gasteiger partial charge in [0, 0.05) is 19.0 Å². The maximum Gasteiger partial charge on any atom is 0.394 e. The van der Waals surface area contributed by atoms with Crippen molar-refractivity contribution in [1.82, 2.24) is 4.90 Å². The van der Waals surface area contributed by atoms with Crippen molar-refractivity contribution in [2.75, 3.05) is 13.1 Å². The Kier molecular flexibility index (Phi) is 5.05. The molecule has 1 saturated heterocycles. The molecule has 1 fully saturated rings. The molecule has 1 amide bonds. The number of halogens is 3. The molecule has 20 heavy (non-hydrogen) atoms. The van der Waals surface area contributed by atoms with Crippen LogP contribution in [-0.4, -0.2) is 41.1 Å². The Morgan fingerprint density at radius 2 is 1.85 bits per heavy atom. The van der Waals surface area contributed by atoms with Crippen LogP contribution in [0.25, 0.3) is 0 Å². The van der Waals surface area contributed by atoms with Crippen LogP contribution in [0.2, 0.25) is 0 Å². The second kappa shape index (κ2) is 6.01. The molecule has 0 aromatic carbocycles. The third-order valence-corrected chi connectivity index (χ3v) is 4.26. The summed E-state index contributed by atoms with van der Waals surface area (Å²) in [5, 5.41) is 8.90. The van der Waals surface area contributed by atoms with Crippen molar-refractivity contribution in [2.24, 2.45) is 23.7 Å². The zero-order chi connectivity index (χ0) is 15.7. The maximum atomic E-state index is 12.8. The van der Waals surface area contributed by atoms with E-state index in [0.29, 0.717) is 0 Å². The number of nitrogens with zero attached hydrogens (tertiary/aromatic N) is 1. The van der Waals surface area contributed by atoms with Gasteiger partial charge in [-0.3, -0.25) is 9.59 Å². The number of likely N-dealkylation sites (tertiary alicyclic amines) is 1. The van der Waals surface area contributed by atoms with Crippen LogP contribution < -0.4 is 0 Å². The van der Waals surface area contributed by atoms with Crippen LogP contribution in [0.1, 0.15) is 27.2 Å². The molecule has 0 aromatic rings. The summed E-state index contributed by atoms with van der Waals surface area (Å²) in [5.41, 5.74) is 0. The van der Waals surface area contributed by atoms with Gasteiger partial charge in [-0.2, -0.15) is 13.2 Å². The average Bonchev–Trinajstić information content (AvgIpc) is 2.81. The lowest BCUT2D eigenvalue weighted by Gasteiger charge is -2.24. The van der Waals surface area contributed by atoms with Crippen LogP contribution >= 0.6 is 0 Å². The first kappa shape index (κ1) is 16.8. The van der Waals surface area contributed by atoms with Gasteiger partial charge in [0.25, 0.3) is 0 Å². The number of rotatable bonds is 4. The van der Waals surface area contributed by atoms with Gasteiger partial charge in [0.15, 0.2) is 0 Å². The molecule has 2 unspecified atom stereocenters. The van der Waals surface area contributed by atoms with Crippen molar-refractivity contribution in [2.45, 2.75) is 33.4 Å². The molecule has 116 valence electrons. The van der Waals surface area contributed by atoms with Gasteiger partial charge in [0.2, 0.25) is 5.91 Å². The van der Waals surface area contributed by atoms with E-state index >= 15 is 0 Å². The number of carbonyl (C=O) groups is 2. The number of amides is 1. The molecule has 0 bridgehead atoms. The molecule has 0 aromatic heterocycles. The Balaban J connectivity index is 2.86. The number of hydrogen-bond donors (Lipinski definition) is 1. The van der Waals surface area contributed by atoms with E-state index in [0.717, 1.165) is 11.3 Å². The molecular formula is C13H20F3NO3. The fourth-order valence-corrected chi connectivity index (χ4v) is 2.45. The zero-order valence-electron chi connectivity index (χ0n) is 11.8. The summed E-state index contributed by atoms with van der Waals surface area (Å²) in [6.45, 7) is 4.51. The predicted octanol–water partition coefficient (Wildman–Crippen LogP) is 2.39. The molecule has 0 saturated carbocycles. The van der Waals surface area contributed by atoms with Crippen molar-refractivity contribution in [3.05, 3.63) is 0 Å². The third kappa shape index (κ3) is 3.43. The summed E-state index contributed by atoms with van der Waals surface area (Å²) in [5.74, 6) is -5.79. The highest BCUT2D eigenvalue weighted by Crippen LogP contribution is 2.38. The molecule has 0 radical (unpaired) electrons. The molecule has 4 atom stereocenters. The Labute approximate surface area is 115 Å². The van der Waals surface area contributed by atoms with Gasteiger partial charge < -0.3 is 10.0 Å². The second-order valence-corrected chi connectivity index (χ2v) is 5.51. The maximum absolute atomic E-state index is 12.8. The molecule has 4 nitrogen and oxygen atoms in total. The molecule has 0 spiro atoms. The minimum atomic E-state index is -4.60. The number of carboxylic acid groups (broad SMARTS) is 1. The van der Waals surface area contributed by atoms with Crippen molar-refractivity contribution in [3.63, 3.8) is 0 Å². The molecule has 7 heteroatoms. The van der Waals surface area contributed by atoms with E-state index in [2.05, 4.69) is 0 Å². The predicted molar refractivity (Wildman–Crippen MR) is 65.9 cm³/mol. The van der Waals surface area contributed by atoms with Gasteiger partial charge >= 0.3 is 12.1 Å². The van der Waals surface area contributed by atoms with Crippen molar-refractivity contribution >= 4 is 11.9 Å². The first-order chi connectivity index (χ1) is 9.09. The highest BCUT2D eigenvalue weighted by atomic mass is 19.4. The highest BCUT2D eigenvalue weighted by Gasteiger charge is 2.53. The molecule has 1 aliphatic rings. The van der Waals surface area contributed by atoms with Gasteiger partial charge in [-0.25, -0.2) is 0 Å². The standard InChI is InChI=1S/C13H20F3NO3/c1-4-7(2)8(3)11(18)17-5-9(12(19)20)10(6-17)13(14,15)16/h7-10H,4-6H2,1-3H3,(H,19,20)/t7?,8?,9-,10-/m1/s1. The molecule has 1 heterocycles. The van der Waals surface area contributed by atoms with Crippen LogP contribution in [-0.2, 0) is 9.59 Å². The summed E-state index contributed by atoms with van der Waals surface area (Å²) in [4.78, 5) is 24.2. The lowest BCUT2D eigenvalue weighted by atomic mass is 9.92. The smallest absolute Gasteiger partial charge is 0.394 e. The van der Waals surface area contributed by atoms with Gasteiger partial charge in [-0.05, 0) is 5.92 Å². The van der Waals surface area contributed by atoms with E-state index in [9.17, 15) is 22.8 Å². The number of carbonyl (C=O) groups excluding carboxylic acids is 1. The van der Waals surface area contributed by atoms with Crippen molar-refractivity contribution < 1.29 is 27.9 Å². The van der Waals surface area contributed by atoms with Crippen molar-refractivity contribution in [3.8, 4) is 0 Å². The topological polar surface area (TPSA) is 57.6 Å².